The normalized spacial score (nSPS) is 12.2. The summed E-state index contributed by atoms with van der Waals surface area (Å²) in [6.45, 7) is 6.11. The lowest BCUT2D eigenvalue weighted by molar-refractivity contribution is -0.119. The lowest BCUT2D eigenvalue weighted by atomic mass is 10.1. The Morgan fingerprint density at radius 3 is 2.71 bits per heavy atom. The van der Waals surface area contributed by atoms with Crippen molar-refractivity contribution in [3.63, 3.8) is 0 Å². The molecule has 8 heteroatoms. The van der Waals surface area contributed by atoms with E-state index in [-0.39, 0.29) is 17.7 Å². The van der Waals surface area contributed by atoms with Crippen LogP contribution in [-0.2, 0) is 4.79 Å². The molecule has 1 heterocycles. The van der Waals surface area contributed by atoms with Crippen molar-refractivity contribution >= 4 is 17.7 Å². The molecule has 0 radical (unpaired) electrons. The van der Waals surface area contributed by atoms with E-state index in [4.69, 9.17) is 10.6 Å². The Morgan fingerprint density at radius 1 is 1.33 bits per heavy atom. The van der Waals surface area contributed by atoms with Crippen molar-refractivity contribution in [3.8, 4) is 17.1 Å². The number of hydrogen-bond acceptors (Lipinski definition) is 6. The summed E-state index contributed by atoms with van der Waals surface area (Å²) in [6, 6.07) is 7.56. The number of carbonyl (C=O) groups excluding carboxylic acids is 1. The van der Waals surface area contributed by atoms with Gasteiger partial charge in [0.05, 0.1) is 18.4 Å². The van der Waals surface area contributed by atoms with Crippen LogP contribution in [0.1, 0.15) is 20.8 Å². The fourth-order valence-electron chi connectivity index (χ4n) is 1.98. The third-order valence-electron chi connectivity index (χ3n) is 3.73. The van der Waals surface area contributed by atoms with Crippen LogP contribution in [0, 0.1) is 5.92 Å². The molecule has 0 aliphatic rings. The molecule has 24 heavy (non-hydrogen) atoms. The Hall–Kier alpha value is -2.22. The Morgan fingerprint density at radius 2 is 2.04 bits per heavy atom. The minimum absolute atomic E-state index is 0.0527. The lowest BCUT2D eigenvalue weighted by Gasteiger charge is -2.17. The second kappa shape index (κ2) is 8.05. The summed E-state index contributed by atoms with van der Waals surface area (Å²) < 4.78 is 6.70. The van der Waals surface area contributed by atoms with Crippen molar-refractivity contribution in [1.82, 2.24) is 20.2 Å². The highest BCUT2D eigenvalue weighted by atomic mass is 32.2. The quantitative estimate of drug-likeness (QED) is 0.586. The van der Waals surface area contributed by atoms with Gasteiger partial charge in [-0.1, -0.05) is 37.7 Å². The molecule has 1 aromatic heterocycles. The summed E-state index contributed by atoms with van der Waals surface area (Å²) in [4.78, 5) is 12.0. The molecule has 0 saturated carbocycles. The third kappa shape index (κ3) is 4.19. The van der Waals surface area contributed by atoms with E-state index in [1.165, 1.54) is 16.4 Å². The highest BCUT2D eigenvalue weighted by molar-refractivity contribution is 7.99. The molecule has 7 nitrogen and oxygen atoms in total. The topological polar surface area (TPSA) is 95.1 Å². The number of carbonyl (C=O) groups is 1. The number of amides is 1. The maximum absolute atomic E-state index is 12.0. The van der Waals surface area contributed by atoms with Gasteiger partial charge in [-0.25, -0.2) is 4.68 Å². The zero-order valence-electron chi connectivity index (χ0n) is 14.3. The molecule has 1 aromatic carbocycles. The first kappa shape index (κ1) is 18.1. The van der Waals surface area contributed by atoms with Crippen LogP contribution >= 0.6 is 11.8 Å². The number of thioether (sulfide) groups is 1. The zero-order valence-corrected chi connectivity index (χ0v) is 15.1. The number of para-hydroxylation sites is 1. The fraction of sp³-hybridized carbons (Fsp3) is 0.438. The first-order valence-corrected chi connectivity index (χ1v) is 8.68. The molecule has 0 spiro atoms. The van der Waals surface area contributed by atoms with Crippen LogP contribution in [0.5, 0.6) is 5.75 Å². The van der Waals surface area contributed by atoms with Gasteiger partial charge in [0.2, 0.25) is 11.1 Å². The van der Waals surface area contributed by atoms with Crippen molar-refractivity contribution in [2.24, 2.45) is 5.92 Å². The molecule has 130 valence electrons. The number of nitrogens with one attached hydrogen (secondary N) is 1. The van der Waals surface area contributed by atoms with E-state index in [2.05, 4.69) is 29.4 Å². The average molecular weight is 349 g/mol. The van der Waals surface area contributed by atoms with E-state index in [1.807, 2.05) is 31.2 Å². The van der Waals surface area contributed by atoms with Crippen LogP contribution in [0.25, 0.3) is 11.4 Å². The Bertz CT molecular complexity index is 702. The molecular weight excluding hydrogens is 326 g/mol. The van der Waals surface area contributed by atoms with Crippen LogP contribution in [0.15, 0.2) is 29.4 Å². The van der Waals surface area contributed by atoms with Gasteiger partial charge in [-0.3, -0.25) is 4.79 Å². The third-order valence-corrected chi connectivity index (χ3v) is 4.68. The maximum Gasteiger partial charge on any atom is 0.230 e. The number of nitrogen functional groups attached to an aromatic ring is 1. The van der Waals surface area contributed by atoms with E-state index in [0.717, 1.165) is 5.56 Å². The molecule has 2 aromatic rings. The number of ether oxygens (including phenoxy) is 1. The molecule has 2 rings (SSSR count). The first-order chi connectivity index (χ1) is 11.4. The van der Waals surface area contributed by atoms with Gasteiger partial charge in [0.15, 0.2) is 5.82 Å². The van der Waals surface area contributed by atoms with Crippen molar-refractivity contribution in [1.29, 1.82) is 0 Å². The number of benzene rings is 1. The Kier molecular flexibility index (Phi) is 6.08. The molecule has 0 fully saturated rings. The largest absolute Gasteiger partial charge is 0.496 e. The van der Waals surface area contributed by atoms with Gasteiger partial charge in [-0.05, 0) is 25.0 Å². The second-order valence-corrected chi connectivity index (χ2v) is 6.71. The summed E-state index contributed by atoms with van der Waals surface area (Å²) >= 11 is 1.25. The van der Waals surface area contributed by atoms with E-state index in [1.54, 1.807) is 7.11 Å². The van der Waals surface area contributed by atoms with E-state index < -0.39 is 0 Å². The number of methoxy groups -OCH3 is 1. The molecule has 0 aliphatic heterocycles. The van der Waals surface area contributed by atoms with Crippen molar-refractivity contribution in [2.75, 3.05) is 18.7 Å². The molecule has 3 N–H and O–H groups in total. The fourth-order valence-corrected chi connectivity index (χ4v) is 2.65. The Labute approximate surface area is 145 Å². The van der Waals surface area contributed by atoms with Crippen LogP contribution in [0.3, 0.4) is 0 Å². The van der Waals surface area contributed by atoms with Gasteiger partial charge in [0, 0.05) is 6.04 Å². The van der Waals surface area contributed by atoms with Gasteiger partial charge < -0.3 is 15.9 Å². The number of rotatable bonds is 7. The summed E-state index contributed by atoms with van der Waals surface area (Å²) in [5.41, 5.74) is 0.750. The minimum atomic E-state index is -0.0527. The smallest absolute Gasteiger partial charge is 0.230 e. The SMILES string of the molecule is COc1ccccc1-c1nnc(SCC(=O)N[C@@H](C)C(C)C)n1N. The summed E-state index contributed by atoms with van der Waals surface area (Å²) in [6.07, 6.45) is 0. The summed E-state index contributed by atoms with van der Waals surface area (Å²) in [5.74, 6) is 7.80. The number of hydrogen-bond donors (Lipinski definition) is 2. The second-order valence-electron chi connectivity index (χ2n) is 5.77. The molecular formula is C16H23N5O2S. The maximum atomic E-state index is 12.0. The predicted octanol–water partition coefficient (Wildman–Crippen LogP) is 1.92. The Balaban J connectivity index is 2.07. The van der Waals surface area contributed by atoms with Gasteiger partial charge in [0.1, 0.15) is 5.75 Å². The molecule has 1 amide bonds. The molecule has 1 atom stereocenters. The zero-order chi connectivity index (χ0) is 17.7. The number of nitrogens with two attached hydrogens (primary N) is 1. The van der Waals surface area contributed by atoms with Crippen molar-refractivity contribution in [2.45, 2.75) is 32.0 Å². The van der Waals surface area contributed by atoms with Crippen LogP contribution in [0.2, 0.25) is 0 Å². The molecule has 0 saturated heterocycles. The standard InChI is InChI=1S/C16H23N5O2S/c1-10(2)11(3)18-14(22)9-24-16-20-19-15(21(16)17)12-7-5-6-8-13(12)23-4/h5-8,10-11H,9,17H2,1-4H3,(H,18,22)/t11-/m0/s1. The van der Waals surface area contributed by atoms with E-state index in [0.29, 0.717) is 22.6 Å². The van der Waals surface area contributed by atoms with Gasteiger partial charge >= 0.3 is 0 Å². The van der Waals surface area contributed by atoms with Crippen molar-refractivity contribution in [3.05, 3.63) is 24.3 Å². The number of nitrogens with zero attached hydrogens (tertiary/aromatic N) is 3. The minimum Gasteiger partial charge on any atom is -0.496 e. The van der Waals surface area contributed by atoms with Crippen molar-refractivity contribution < 1.29 is 9.53 Å². The number of aromatic nitrogens is 3. The predicted molar refractivity (Wildman–Crippen MR) is 95.3 cm³/mol. The first-order valence-electron chi connectivity index (χ1n) is 7.70. The lowest BCUT2D eigenvalue weighted by Crippen LogP contribution is -2.37. The monoisotopic (exact) mass is 349 g/mol. The highest BCUT2D eigenvalue weighted by Gasteiger charge is 2.17. The highest BCUT2D eigenvalue weighted by Crippen LogP contribution is 2.29. The van der Waals surface area contributed by atoms with E-state index in [9.17, 15) is 4.79 Å². The summed E-state index contributed by atoms with van der Waals surface area (Å²) in [7, 11) is 1.59. The average Bonchev–Trinajstić information content (AvgIpc) is 2.93. The van der Waals surface area contributed by atoms with Crippen LogP contribution < -0.4 is 15.9 Å². The molecule has 0 unspecified atom stereocenters. The van der Waals surface area contributed by atoms with Gasteiger partial charge in [0.25, 0.3) is 0 Å². The van der Waals surface area contributed by atoms with E-state index >= 15 is 0 Å². The molecule has 0 aliphatic carbocycles. The van der Waals surface area contributed by atoms with Gasteiger partial charge in [-0.2, -0.15) is 0 Å². The summed E-state index contributed by atoms with van der Waals surface area (Å²) in [5, 5.41) is 11.6. The van der Waals surface area contributed by atoms with Crippen LogP contribution in [-0.4, -0.2) is 39.7 Å². The van der Waals surface area contributed by atoms with Crippen LogP contribution in [0.4, 0.5) is 0 Å². The molecule has 0 bridgehead atoms. The van der Waals surface area contributed by atoms with Gasteiger partial charge in [-0.15, -0.1) is 10.2 Å².